The summed E-state index contributed by atoms with van der Waals surface area (Å²) in [6.45, 7) is 8.05. The average Bonchev–Trinajstić information content (AvgIpc) is 2.56. The van der Waals surface area contributed by atoms with Gasteiger partial charge >= 0.3 is 0 Å². The highest BCUT2D eigenvalue weighted by molar-refractivity contribution is 4.98. The lowest BCUT2D eigenvalue weighted by molar-refractivity contribution is -0.0524. The molecule has 2 rings (SSSR count). The highest BCUT2D eigenvalue weighted by atomic mass is 15.3. The third-order valence-corrected chi connectivity index (χ3v) is 4.99. The summed E-state index contributed by atoms with van der Waals surface area (Å²) in [4.78, 5) is 5.35. The maximum atomic E-state index is 5.87. The number of hydrogen-bond donors (Lipinski definition) is 1. The number of hydrogen-bond acceptors (Lipinski definition) is 3. The fraction of sp³-hybridized carbons (Fsp3) is 1.00. The van der Waals surface area contributed by atoms with E-state index >= 15 is 0 Å². The highest BCUT2D eigenvalue weighted by Gasteiger charge is 2.41. The normalized spacial score (nSPS) is 31.3. The van der Waals surface area contributed by atoms with Gasteiger partial charge in [-0.05, 0) is 46.7 Å². The van der Waals surface area contributed by atoms with Gasteiger partial charge in [0, 0.05) is 30.7 Å². The van der Waals surface area contributed by atoms with Crippen LogP contribution in [0.15, 0.2) is 0 Å². The number of likely N-dealkylation sites (N-methyl/N-ethyl adjacent to an activating group) is 1. The van der Waals surface area contributed by atoms with Gasteiger partial charge in [0.1, 0.15) is 0 Å². The first-order chi connectivity index (χ1) is 9.04. The minimum absolute atomic E-state index is 0.293. The first-order valence-electron chi connectivity index (χ1n) is 8.21. The van der Waals surface area contributed by atoms with Crippen molar-refractivity contribution in [1.29, 1.82) is 0 Å². The Morgan fingerprint density at radius 1 is 1.11 bits per heavy atom. The van der Waals surface area contributed by atoms with E-state index < -0.39 is 0 Å². The second-order valence-corrected chi connectivity index (χ2v) is 7.29. The molecule has 3 heteroatoms. The molecule has 1 atom stereocenters. The lowest BCUT2D eigenvalue weighted by Gasteiger charge is -2.54. The van der Waals surface area contributed by atoms with Crippen molar-refractivity contribution >= 4 is 0 Å². The Balaban J connectivity index is 2.14. The molecule has 3 nitrogen and oxygen atoms in total. The third-order valence-electron chi connectivity index (χ3n) is 4.99. The van der Waals surface area contributed by atoms with Crippen LogP contribution in [0.5, 0.6) is 0 Å². The van der Waals surface area contributed by atoms with E-state index in [0.717, 1.165) is 19.0 Å². The molecule has 2 aliphatic rings. The molecule has 0 aromatic heterocycles. The Kier molecular flexibility index (Phi) is 5.27. The number of nitrogens with zero attached hydrogens (tertiary/aromatic N) is 2. The molecule has 0 spiro atoms. The van der Waals surface area contributed by atoms with Gasteiger partial charge in [-0.2, -0.15) is 0 Å². The van der Waals surface area contributed by atoms with Crippen molar-refractivity contribution in [2.24, 2.45) is 5.73 Å². The Labute approximate surface area is 119 Å². The Morgan fingerprint density at radius 3 is 2.32 bits per heavy atom. The summed E-state index contributed by atoms with van der Waals surface area (Å²) in [7, 11) is 2.26. The molecule has 0 aromatic carbocycles. The van der Waals surface area contributed by atoms with Crippen molar-refractivity contribution in [1.82, 2.24) is 9.80 Å². The van der Waals surface area contributed by atoms with E-state index in [1.54, 1.807) is 0 Å². The maximum absolute atomic E-state index is 5.87. The lowest BCUT2D eigenvalue weighted by atomic mass is 9.89. The van der Waals surface area contributed by atoms with Crippen LogP contribution in [0.4, 0.5) is 0 Å². The molecule has 1 aliphatic carbocycles. The second kappa shape index (κ2) is 6.55. The molecule has 2 fully saturated rings. The van der Waals surface area contributed by atoms with Crippen LogP contribution in [0.25, 0.3) is 0 Å². The zero-order chi connectivity index (χ0) is 13.9. The van der Waals surface area contributed by atoms with Crippen molar-refractivity contribution in [3.05, 3.63) is 0 Å². The predicted molar refractivity (Wildman–Crippen MR) is 82.4 cm³/mol. The van der Waals surface area contributed by atoms with Gasteiger partial charge in [0.2, 0.25) is 0 Å². The van der Waals surface area contributed by atoms with Crippen LogP contribution in [0.1, 0.15) is 58.8 Å². The van der Waals surface area contributed by atoms with Crippen LogP contribution in [0.2, 0.25) is 0 Å². The van der Waals surface area contributed by atoms with E-state index in [2.05, 4.69) is 30.7 Å². The fourth-order valence-electron chi connectivity index (χ4n) is 4.50. The molecule has 0 amide bonds. The Morgan fingerprint density at radius 2 is 1.74 bits per heavy atom. The van der Waals surface area contributed by atoms with Gasteiger partial charge in [0.05, 0.1) is 0 Å². The number of nitrogens with two attached hydrogens (primary N) is 1. The molecule has 2 N–H and O–H groups in total. The van der Waals surface area contributed by atoms with Crippen molar-refractivity contribution in [2.45, 2.75) is 76.4 Å². The Hall–Kier alpha value is -0.120. The second-order valence-electron chi connectivity index (χ2n) is 7.29. The number of piperazine rings is 1. The molecule has 0 bridgehead atoms. The minimum atomic E-state index is 0.293. The quantitative estimate of drug-likeness (QED) is 0.797. The van der Waals surface area contributed by atoms with Crippen LogP contribution in [-0.4, -0.2) is 54.1 Å². The first-order valence-corrected chi connectivity index (χ1v) is 8.21. The van der Waals surface area contributed by atoms with Crippen molar-refractivity contribution in [3.63, 3.8) is 0 Å². The molecule has 1 saturated heterocycles. The molecule has 19 heavy (non-hydrogen) atoms. The summed E-state index contributed by atoms with van der Waals surface area (Å²) in [6.07, 6.45) is 9.65. The van der Waals surface area contributed by atoms with Crippen molar-refractivity contribution in [2.75, 3.05) is 26.7 Å². The van der Waals surface area contributed by atoms with E-state index in [1.807, 2.05) is 0 Å². The molecule has 1 saturated carbocycles. The largest absolute Gasteiger partial charge is 0.330 e. The molecule has 1 aliphatic heterocycles. The highest BCUT2D eigenvalue weighted by Crippen LogP contribution is 2.33. The number of rotatable bonds is 3. The van der Waals surface area contributed by atoms with E-state index in [-0.39, 0.29) is 0 Å². The standard InChI is InChI=1S/C16H33N3/c1-16(2)13-18(3)12-15(10-11-17)19(16)14-8-6-4-5-7-9-14/h14-15H,4-13,17H2,1-3H3. The molecule has 112 valence electrons. The smallest absolute Gasteiger partial charge is 0.0286 e. The zero-order valence-corrected chi connectivity index (χ0v) is 13.2. The molecular formula is C16H33N3. The topological polar surface area (TPSA) is 32.5 Å². The van der Waals surface area contributed by atoms with Crippen molar-refractivity contribution in [3.8, 4) is 0 Å². The zero-order valence-electron chi connectivity index (χ0n) is 13.2. The Bertz CT molecular complexity index is 267. The molecule has 1 heterocycles. The molecular weight excluding hydrogens is 234 g/mol. The summed E-state index contributed by atoms with van der Waals surface area (Å²) in [6, 6.07) is 1.45. The van der Waals surface area contributed by atoms with Crippen molar-refractivity contribution < 1.29 is 0 Å². The summed E-state index contributed by atoms with van der Waals surface area (Å²) < 4.78 is 0. The summed E-state index contributed by atoms with van der Waals surface area (Å²) in [5.41, 5.74) is 6.16. The molecule has 1 unspecified atom stereocenters. The summed E-state index contributed by atoms with van der Waals surface area (Å²) >= 11 is 0. The van der Waals surface area contributed by atoms with Crippen LogP contribution < -0.4 is 5.73 Å². The predicted octanol–water partition coefficient (Wildman–Crippen LogP) is 2.45. The third kappa shape index (κ3) is 3.71. The average molecular weight is 267 g/mol. The van der Waals surface area contributed by atoms with E-state index in [9.17, 15) is 0 Å². The minimum Gasteiger partial charge on any atom is -0.330 e. The van der Waals surface area contributed by atoms with Gasteiger partial charge in [-0.25, -0.2) is 0 Å². The van der Waals surface area contributed by atoms with Crippen LogP contribution in [0, 0.1) is 0 Å². The van der Waals surface area contributed by atoms with Crippen LogP contribution >= 0.6 is 0 Å². The van der Waals surface area contributed by atoms with Gasteiger partial charge in [-0.3, -0.25) is 4.90 Å². The van der Waals surface area contributed by atoms with Gasteiger partial charge in [0.15, 0.2) is 0 Å². The van der Waals surface area contributed by atoms with E-state index in [1.165, 1.54) is 51.6 Å². The van der Waals surface area contributed by atoms with Crippen LogP contribution in [0.3, 0.4) is 0 Å². The SMILES string of the molecule is CN1CC(CCN)N(C2CCCCCC2)C(C)(C)C1. The first kappa shape index (κ1) is 15.3. The lowest BCUT2D eigenvalue weighted by Crippen LogP contribution is -2.66. The fourth-order valence-corrected chi connectivity index (χ4v) is 4.50. The van der Waals surface area contributed by atoms with E-state index in [4.69, 9.17) is 5.73 Å². The summed E-state index contributed by atoms with van der Waals surface area (Å²) in [5, 5.41) is 0. The van der Waals surface area contributed by atoms with Gasteiger partial charge < -0.3 is 10.6 Å². The van der Waals surface area contributed by atoms with Crippen LogP contribution in [-0.2, 0) is 0 Å². The molecule has 0 radical (unpaired) electrons. The van der Waals surface area contributed by atoms with Gasteiger partial charge in [0.25, 0.3) is 0 Å². The summed E-state index contributed by atoms with van der Waals surface area (Å²) in [5.74, 6) is 0. The molecule has 0 aromatic rings. The van der Waals surface area contributed by atoms with Gasteiger partial charge in [-0.15, -0.1) is 0 Å². The maximum Gasteiger partial charge on any atom is 0.0286 e. The van der Waals surface area contributed by atoms with E-state index in [0.29, 0.717) is 11.6 Å². The van der Waals surface area contributed by atoms with Gasteiger partial charge in [-0.1, -0.05) is 25.7 Å². The monoisotopic (exact) mass is 267 g/mol.